The van der Waals surface area contributed by atoms with Gasteiger partial charge in [0.15, 0.2) is 0 Å². The second-order valence-electron chi connectivity index (χ2n) is 4.32. The zero-order valence-electron chi connectivity index (χ0n) is 11.7. The first-order valence-corrected chi connectivity index (χ1v) is 6.80. The summed E-state index contributed by atoms with van der Waals surface area (Å²) in [6, 6.07) is 7.16. The molecule has 0 amide bonds. The van der Waals surface area contributed by atoms with Gasteiger partial charge >= 0.3 is 5.97 Å². The van der Waals surface area contributed by atoms with Crippen LogP contribution in [0.3, 0.4) is 0 Å². The number of likely N-dealkylation sites (N-methyl/N-ethyl adjacent to an activating group) is 1. The van der Waals surface area contributed by atoms with E-state index in [1.54, 1.807) is 7.11 Å². The molecule has 1 unspecified atom stereocenters. The van der Waals surface area contributed by atoms with Crippen molar-refractivity contribution in [3.05, 3.63) is 29.8 Å². The van der Waals surface area contributed by atoms with Crippen LogP contribution >= 0.6 is 12.2 Å². The van der Waals surface area contributed by atoms with Crippen molar-refractivity contribution in [2.75, 3.05) is 20.2 Å². The van der Waals surface area contributed by atoms with Crippen molar-refractivity contribution in [2.24, 2.45) is 5.73 Å². The summed E-state index contributed by atoms with van der Waals surface area (Å²) in [5.74, 6) is -0.149. The van der Waals surface area contributed by atoms with E-state index in [0.717, 1.165) is 5.56 Å². The van der Waals surface area contributed by atoms with Gasteiger partial charge in [-0.25, -0.2) is 0 Å². The molecule has 1 atom stereocenters. The topological polar surface area (TPSA) is 75.8 Å². The fraction of sp³-hybridized carbons (Fsp3) is 0.429. The Kier molecular flexibility index (Phi) is 6.41. The molecular formula is C14H20N2O3S. The molecule has 0 saturated carbocycles. The fourth-order valence-corrected chi connectivity index (χ4v) is 2.41. The first-order chi connectivity index (χ1) is 9.51. The summed E-state index contributed by atoms with van der Waals surface area (Å²) in [5.41, 5.74) is 6.72. The molecule has 0 fully saturated rings. The maximum absolute atomic E-state index is 10.8. The van der Waals surface area contributed by atoms with Gasteiger partial charge in [0, 0.05) is 12.1 Å². The molecule has 6 heteroatoms. The third-order valence-electron chi connectivity index (χ3n) is 3.09. The Labute approximate surface area is 124 Å². The lowest BCUT2D eigenvalue weighted by Crippen LogP contribution is -2.38. The number of hydrogen-bond donors (Lipinski definition) is 2. The van der Waals surface area contributed by atoms with E-state index in [9.17, 15) is 4.79 Å². The van der Waals surface area contributed by atoms with Crippen molar-refractivity contribution in [2.45, 2.75) is 19.4 Å². The summed E-state index contributed by atoms with van der Waals surface area (Å²) in [6.45, 7) is 2.97. The summed E-state index contributed by atoms with van der Waals surface area (Å²) in [5, 5.41) is 8.83. The van der Waals surface area contributed by atoms with Crippen LogP contribution in [-0.4, -0.2) is 41.2 Å². The van der Waals surface area contributed by atoms with Gasteiger partial charge in [-0.05, 0) is 12.6 Å². The number of thiocarbonyl (C=S) groups is 1. The molecule has 0 radical (unpaired) electrons. The number of benzene rings is 1. The molecule has 20 heavy (non-hydrogen) atoms. The van der Waals surface area contributed by atoms with Crippen LogP contribution in [-0.2, 0) is 4.79 Å². The van der Waals surface area contributed by atoms with Crippen LogP contribution in [0.4, 0.5) is 0 Å². The van der Waals surface area contributed by atoms with E-state index >= 15 is 0 Å². The Morgan fingerprint density at radius 1 is 1.50 bits per heavy atom. The van der Waals surface area contributed by atoms with Crippen molar-refractivity contribution in [1.82, 2.24) is 4.90 Å². The minimum Gasteiger partial charge on any atom is -0.496 e. The standard InChI is InChI=1S/C14H20N2O3S/c1-3-16(9-8-12(17)18)13(14(15)20)10-6-4-5-7-11(10)19-2/h4-7,13H,3,8-9H2,1-2H3,(H2,15,20)(H,17,18). The minimum absolute atomic E-state index is 0.0438. The molecule has 0 bridgehead atoms. The first kappa shape index (κ1) is 16.4. The SMILES string of the molecule is CCN(CCC(=O)O)C(C(N)=S)c1ccccc1OC. The second kappa shape index (κ2) is 7.81. The van der Waals surface area contributed by atoms with E-state index in [-0.39, 0.29) is 12.5 Å². The Balaban J connectivity index is 3.08. The van der Waals surface area contributed by atoms with Gasteiger partial charge in [-0.3, -0.25) is 9.69 Å². The zero-order chi connectivity index (χ0) is 15.1. The van der Waals surface area contributed by atoms with Gasteiger partial charge in [0.1, 0.15) is 5.75 Å². The average molecular weight is 296 g/mol. The van der Waals surface area contributed by atoms with Gasteiger partial charge in [-0.15, -0.1) is 0 Å². The monoisotopic (exact) mass is 296 g/mol. The lowest BCUT2D eigenvalue weighted by Gasteiger charge is -2.30. The third kappa shape index (κ3) is 4.18. The van der Waals surface area contributed by atoms with E-state index in [4.69, 9.17) is 27.8 Å². The van der Waals surface area contributed by atoms with E-state index in [0.29, 0.717) is 23.8 Å². The first-order valence-electron chi connectivity index (χ1n) is 6.39. The summed E-state index contributed by atoms with van der Waals surface area (Å²) in [6.07, 6.45) is 0.0438. The number of para-hydroxylation sites is 1. The number of carboxylic acid groups (broad SMARTS) is 1. The molecule has 0 aliphatic heterocycles. The fourth-order valence-electron chi connectivity index (χ4n) is 2.13. The number of nitrogens with zero attached hydrogens (tertiary/aromatic N) is 1. The molecule has 0 aromatic heterocycles. The molecule has 1 rings (SSSR count). The lowest BCUT2D eigenvalue weighted by molar-refractivity contribution is -0.137. The molecule has 0 aliphatic rings. The maximum atomic E-state index is 10.8. The van der Waals surface area contributed by atoms with E-state index in [2.05, 4.69) is 0 Å². The normalized spacial score (nSPS) is 12.2. The number of hydrogen-bond acceptors (Lipinski definition) is 4. The molecule has 1 aromatic carbocycles. The molecule has 110 valence electrons. The van der Waals surface area contributed by atoms with Crippen LogP contribution < -0.4 is 10.5 Å². The number of ether oxygens (including phenoxy) is 1. The average Bonchev–Trinajstić information content (AvgIpc) is 2.42. The summed E-state index contributed by atoms with van der Waals surface area (Å²) in [4.78, 5) is 13.0. The predicted molar refractivity (Wildman–Crippen MR) is 82.0 cm³/mol. The molecule has 3 N–H and O–H groups in total. The van der Waals surface area contributed by atoms with E-state index < -0.39 is 5.97 Å². The molecule has 0 heterocycles. The summed E-state index contributed by atoms with van der Waals surface area (Å²) < 4.78 is 5.34. The van der Waals surface area contributed by atoms with Crippen molar-refractivity contribution in [3.8, 4) is 5.75 Å². The van der Waals surface area contributed by atoms with Crippen molar-refractivity contribution < 1.29 is 14.6 Å². The molecule has 0 spiro atoms. The number of rotatable bonds is 8. The lowest BCUT2D eigenvalue weighted by atomic mass is 10.0. The summed E-state index contributed by atoms with van der Waals surface area (Å²) in [7, 11) is 1.59. The zero-order valence-corrected chi connectivity index (χ0v) is 12.5. The Morgan fingerprint density at radius 3 is 2.65 bits per heavy atom. The molecule has 0 aliphatic carbocycles. The van der Waals surface area contributed by atoms with Crippen LogP contribution in [0.2, 0.25) is 0 Å². The predicted octanol–water partition coefficient (Wildman–Crippen LogP) is 1.82. The van der Waals surface area contributed by atoms with Crippen molar-refractivity contribution >= 4 is 23.2 Å². The van der Waals surface area contributed by atoms with Gasteiger partial charge in [0.2, 0.25) is 0 Å². The van der Waals surface area contributed by atoms with Gasteiger partial charge in [0.25, 0.3) is 0 Å². The Hall–Kier alpha value is -1.66. The third-order valence-corrected chi connectivity index (χ3v) is 3.31. The second-order valence-corrected chi connectivity index (χ2v) is 4.79. The number of nitrogens with two attached hydrogens (primary N) is 1. The molecule has 5 nitrogen and oxygen atoms in total. The van der Waals surface area contributed by atoms with Crippen LogP contribution in [0.25, 0.3) is 0 Å². The quantitative estimate of drug-likeness (QED) is 0.713. The highest BCUT2D eigenvalue weighted by molar-refractivity contribution is 7.80. The minimum atomic E-state index is -0.842. The largest absolute Gasteiger partial charge is 0.496 e. The number of aliphatic carboxylic acids is 1. The van der Waals surface area contributed by atoms with Gasteiger partial charge in [-0.2, -0.15) is 0 Å². The number of methoxy groups -OCH3 is 1. The van der Waals surface area contributed by atoms with Gasteiger partial charge in [0.05, 0.1) is 24.6 Å². The van der Waals surface area contributed by atoms with Crippen molar-refractivity contribution in [1.29, 1.82) is 0 Å². The van der Waals surface area contributed by atoms with E-state index in [1.165, 1.54) is 0 Å². The Morgan fingerprint density at radius 2 is 2.15 bits per heavy atom. The smallest absolute Gasteiger partial charge is 0.304 e. The summed E-state index contributed by atoms with van der Waals surface area (Å²) >= 11 is 5.16. The molecular weight excluding hydrogens is 276 g/mol. The molecule has 0 saturated heterocycles. The van der Waals surface area contributed by atoms with Crippen LogP contribution in [0.1, 0.15) is 24.9 Å². The maximum Gasteiger partial charge on any atom is 0.304 e. The van der Waals surface area contributed by atoms with Crippen LogP contribution in [0.15, 0.2) is 24.3 Å². The molecule has 1 aromatic rings. The van der Waals surface area contributed by atoms with Crippen LogP contribution in [0.5, 0.6) is 5.75 Å². The Bertz CT molecular complexity index is 479. The highest BCUT2D eigenvalue weighted by Crippen LogP contribution is 2.29. The number of carbonyl (C=O) groups is 1. The highest BCUT2D eigenvalue weighted by Gasteiger charge is 2.25. The van der Waals surface area contributed by atoms with Crippen molar-refractivity contribution in [3.63, 3.8) is 0 Å². The van der Waals surface area contributed by atoms with E-state index in [1.807, 2.05) is 36.1 Å². The number of carboxylic acids is 1. The van der Waals surface area contributed by atoms with Gasteiger partial charge in [-0.1, -0.05) is 37.3 Å². The highest BCUT2D eigenvalue weighted by atomic mass is 32.1. The van der Waals surface area contributed by atoms with Gasteiger partial charge < -0.3 is 15.6 Å². The van der Waals surface area contributed by atoms with Crippen LogP contribution in [0, 0.1) is 0 Å².